The van der Waals surface area contributed by atoms with Crippen LogP contribution in [0.5, 0.6) is 5.75 Å². The molecule has 0 radical (unpaired) electrons. The van der Waals surface area contributed by atoms with Crippen molar-refractivity contribution in [2.24, 2.45) is 5.92 Å². The minimum absolute atomic E-state index is 0. The van der Waals surface area contributed by atoms with Gasteiger partial charge in [0.25, 0.3) is 5.82 Å². The molecule has 3 aromatic rings. The molecule has 232 valence electrons. The summed E-state index contributed by atoms with van der Waals surface area (Å²) in [5.74, 6) is -0.603. The van der Waals surface area contributed by atoms with Crippen molar-refractivity contribution in [3.8, 4) is 11.4 Å². The number of likely N-dealkylation sites (tertiary alicyclic amines) is 2. The van der Waals surface area contributed by atoms with Crippen LogP contribution in [0, 0.1) is 5.92 Å². The van der Waals surface area contributed by atoms with Crippen LogP contribution >= 0.6 is 12.4 Å². The van der Waals surface area contributed by atoms with Crippen LogP contribution in [0.3, 0.4) is 0 Å². The van der Waals surface area contributed by atoms with Crippen molar-refractivity contribution in [1.29, 1.82) is 0 Å². The third kappa shape index (κ3) is 7.27. The predicted octanol–water partition coefficient (Wildman–Crippen LogP) is 3.84. The number of ether oxygens (including phenoxy) is 1. The fraction of sp³-hybridized carbons (Fsp3) is 0.483. The van der Waals surface area contributed by atoms with Gasteiger partial charge in [0.05, 0.1) is 12.8 Å². The second-order valence-corrected chi connectivity index (χ2v) is 10.8. The number of rotatable bonds is 7. The number of hydrogen-bond donors (Lipinski definition) is 1. The van der Waals surface area contributed by atoms with Gasteiger partial charge >= 0.3 is 6.18 Å². The fourth-order valence-electron chi connectivity index (χ4n) is 5.95. The summed E-state index contributed by atoms with van der Waals surface area (Å²) in [7, 11) is 1.51. The Hall–Kier alpha value is -3.71. The molecule has 2 fully saturated rings. The van der Waals surface area contributed by atoms with E-state index in [1.165, 1.54) is 13.2 Å². The van der Waals surface area contributed by atoms with E-state index in [0.717, 1.165) is 5.56 Å². The molecule has 1 N–H and O–H groups in total. The summed E-state index contributed by atoms with van der Waals surface area (Å²) in [6.07, 6.45) is -2.68. The fourth-order valence-corrected chi connectivity index (χ4v) is 5.95. The molecule has 2 aliphatic rings. The van der Waals surface area contributed by atoms with Crippen molar-refractivity contribution < 1.29 is 27.5 Å². The highest BCUT2D eigenvalue weighted by molar-refractivity contribution is 5.85. The number of tetrazole rings is 1. The number of piperidine rings is 2. The SMILES string of the molecule is COc1ccc(-n2nnnc2C(F)(F)F)cc1CN[C@@H]1CCN(C(=O)C2CCN(C(C)=O)CC2)C[C@@H]1c1ccccc1.Cl. The summed E-state index contributed by atoms with van der Waals surface area (Å²) >= 11 is 0. The van der Waals surface area contributed by atoms with Crippen LogP contribution in [0.4, 0.5) is 13.2 Å². The lowest BCUT2D eigenvalue weighted by molar-refractivity contribution is -0.146. The van der Waals surface area contributed by atoms with Gasteiger partial charge in [0.1, 0.15) is 5.75 Å². The van der Waals surface area contributed by atoms with E-state index in [0.29, 0.717) is 68.0 Å². The van der Waals surface area contributed by atoms with E-state index in [1.807, 2.05) is 23.1 Å². The van der Waals surface area contributed by atoms with Crippen LogP contribution < -0.4 is 10.1 Å². The number of aromatic nitrogens is 4. The first kappa shape index (κ1) is 32.2. The third-order valence-corrected chi connectivity index (χ3v) is 8.23. The standard InChI is InChI=1S/C29H34F3N7O3.ClH/c1-19(40)37-13-10-21(11-14-37)27(41)38-15-12-25(24(18-38)20-6-4-3-5-7-20)33-17-22-16-23(8-9-26(22)42-2)39-28(29(30,31)32)34-35-36-39;/h3-9,16,21,24-25,33H,10-15,17-18H2,1-2H3;1H/t24-,25-;/m1./s1. The predicted molar refractivity (Wildman–Crippen MR) is 154 cm³/mol. The number of methoxy groups -OCH3 is 1. The largest absolute Gasteiger partial charge is 0.496 e. The molecule has 2 atom stereocenters. The van der Waals surface area contributed by atoms with Crippen LogP contribution in [0.25, 0.3) is 5.69 Å². The van der Waals surface area contributed by atoms with E-state index >= 15 is 0 Å². The van der Waals surface area contributed by atoms with Crippen molar-refractivity contribution in [3.05, 3.63) is 65.5 Å². The van der Waals surface area contributed by atoms with Crippen molar-refractivity contribution in [2.75, 3.05) is 33.3 Å². The van der Waals surface area contributed by atoms with Gasteiger partial charge in [-0.3, -0.25) is 9.59 Å². The summed E-state index contributed by atoms with van der Waals surface area (Å²) in [4.78, 5) is 29.0. The Kier molecular flexibility index (Phi) is 10.3. The first-order valence-corrected chi connectivity index (χ1v) is 14.0. The lowest BCUT2D eigenvalue weighted by atomic mass is 9.84. The number of nitrogens with one attached hydrogen (secondary N) is 1. The minimum atomic E-state index is -4.71. The quantitative estimate of drug-likeness (QED) is 0.427. The Morgan fingerprint density at radius 2 is 1.72 bits per heavy atom. The topological polar surface area (TPSA) is 105 Å². The molecule has 0 unspecified atom stereocenters. The maximum absolute atomic E-state index is 13.5. The van der Waals surface area contributed by atoms with Crippen molar-refractivity contribution in [1.82, 2.24) is 35.3 Å². The number of nitrogens with zero attached hydrogens (tertiary/aromatic N) is 6. The second kappa shape index (κ2) is 13.7. The molecule has 2 saturated heterocycles. The van der Waals surface area contributed by atoms with Crippen molar-refractivity contribution >= 4 is 24.2 Å². The average molecular weight is 622 g/mol. The molecule has 0 aliphatic carbocycles. The van der Waals surface area contributed by atoms with Gasteiger partial charge in [0, 0.05) is 63.1 Å². The van der Waals surface area contributed by atoms with Gasteiger partial charge in [0.15, 0.2) is 0 Å². The molecular formula is C29H35ClF3N7O3. The lowest BCUT2D eigenvalue weighted by Crippen LogP contribution is -2.52. The average Bonchev–Trinajstić information content (AvgIpc) is 3.51. The second-order valence-electron chi connectivity index (χ2n) is 10.8. The minimum Gasteiger partial charge on any atom is -0.496 e. The number of carbonyl (C=O) groups excluding carboxylic acids is 2. The Morgan fingerprint density at radius 1 is 1.02 bits per heavy atom. The van der Waals surface area contributed by atoms with Gasteiger partial charge in [-0.15, -0.1) is 17.5 Å². The van der Waals surface area contributed by atoms with E-state index in [4.69, 9.17) is 4.74 Å². The van der Waals surface area contributed by atoms with E-state index in [-0.39, 0.29) is 47.8 Å². The van der Waals surface area contributed by atoms with Gasteiger partial charge in [-0.2, -0.15) is 17.9 Å². The molecule has 0 bridgehead atoms. The number of amides is 2. The molecule has 14 heteroatoms. The molecule has 10 nitrogen and oxygen atoms in total. The number of alkyl halides is 3. The summed E-state index contributed by atoms with van der Waals surface area (Å²) in [5, 5.41) is 13.5. The first-order valence-electron chi connectivity index (χ1n) is 14.0. The van der Waals surface area contributed by atoms with Crippen LogP contribution in [0.2, 0.25) is 0 Å². The number of benzene rings is 2. The van der Waals surface area contributed by atoms with Gasteiger partial charge in [-0.1, -0.05) is 30.3 Å². The van der Waals surface area contributed by atoms with E-state index < -0.39 is 12.0 Å². The van der Waals surface area contributed by atoms with Gasteiger partial charge in [0.2, 0.25) is 11.8 Å². The van der Waals surface area contributed by atoms with Gasteiger partial charge < -0.3 is 19.9 Å². The van der Waals surface area contributed by atoms with E-state index in [1.54, 1.807) is 24.0 Å². The molecule has 0 saturated carbocycles. The lowest BCUT2D eigenvalue weighted by Gasteiger charge is -2.41. The Bertz CT molecular complexity index is 1400. The molecule has 2 amide bonds. The smallest absolute Gasteiger partial charge is 0.453 e. The molecule has 0 spiro atoms. The normalized spacial score (nSPS) is 19.6. The van der Waals surface area contributed by atoms with Gasteiger partial charge in [-0.25, -0.2) is 0 Å². The molecular weight excluding hydrogens is 587 g/mol. The summed E-state index contributed by atoms with van der Waals surface area (Å²) in [6, 6.07) is 14.7. The van der Waals surface area contributed by atoms with Gasteiger partial charge in [-0.05, 0) is 53.5 Å². The Morgan fingerprint density at radius 3 is 2.37 bits per heavy atom. The summed E-state index contributed by atoms with van der Waals surface area (Å²) in [5.41, 5.74) is 1.92. The van der Waals surface area contributed by atoms with E-state index in [9.17, 15) is 22.8 Å². The first-order chi connectivity index (χ1) is 20.2. The maximum Gasteiger partial charge on any atom is 0.453 e. The molecule has 1 aromatic heterocycles. The molecule has 5 rings (SSSR count). The molecule has 43 heavy (non-hydrogen) atoms. The zero-order chi connectivity index (χ0) is 29.9. The highest BCUT2D eigenvalue weighted by Gasteiger charge is 2.39. The number of hydrogen-bond acceptors (Lipinski definition) is 7. The van der Waals surface area contributed by atoms with Crippen LogP contribution in [-0.2, 0) is 22.3 Å². The highest BCUT2D eigenvalue weighted by atomic mass is 35.5. The van der Waals surface area contributed by atoms with Crippen molar-refractivity contribution in [2.45, 2.75) is 50.9 Å². The number of halogens is 4. The Balaban J connectivity index is 0.00000423. The third-order valence-electron chi connectivity index (χ3n) is 8.23. The molecule has 2 aliphatic heterocycles. The maximum atomic E-state index is 13.5. The summed E-state index contributed by atoms with van der Waals surface area (Å²) < 4.78 is 46.4. The monoisotopic (exact) mass is 621 g/mol. The number of carbonyl (C=O) groups is 2. The zero-order valence-electron chi connectivity index (χ0n) is 24.0. The van der Waals surface area contributed by atoms with Crippen LogP contribution in [-0.4, -0.2) is 81.2 Å². The highest BCUT2D eigenvalue weighted by Crippen LogP contribution is 2.32. The van der Waals surface area contributed by atoms with Crippen LogP contribution in [0.1, 0.15) is 49.1 Å². The zero-order valence-corrected chi connectivity index (χ0v) is 24.8. The molecule has 3 heterocycles. The van der Waals surface area contributed by atoms with E-state index in [2.05, 4.69) is 33.0 Å². The Labute approximate surface area is 254 Å². The van der Waals surface area contributed by atoms with Crippen molar-refractivity contribution in [3.63, 3.8) is 0 Å². The van der Waals surface area contributed by atoms with Crippen LogP contribution in [0.15, 0.2) is 48.5 Å². The summed E-state index contributed by atoms with van der Waals surface area (Å²) in [6.45, 7) is 4.21. The molecule has 2 aromatic carbocycles.